The topological polar surface area (TPSA) is 30.3 Å². The zero-order valence-corrected chi connectivity index (χ0v) is 20.3. The Kier molecular flexibility index (Phi) is 7.61. The third-order valence-electron chi connectivity index (χ3n) is 5.77. The normalized spacial score (nSPS) is 13.3. The van der Waals surface area contributed by atoms with Gasteiger partial charge in [0.25, 0.3) is 0 Å². The van der Waals surface area contributed by atoms with Gasteiger partial charge in [-0.2, -0.15) is 0 Å². The molecule has 33 heavy (non-hydrogen) atoms. The molecule has 7 heteroatoms. The fourth-order valence-corrected chi connectivity index (χ4v) is 4.37. The van der Waals surface area contributed by atoms with Crippen LogP contribution in [0.25, 0.3) is 16.9 Å². The van der Waals surface area contributed by atoms with Crippen molar-refractivity contribution in [2.24, 2.45) is 0 Å². The van der Waals surface area contributed by atoms with Crippen LogP contribution in [0.2, 0.25) is 10.0 Å². The first kappa shape index (κ1) is 23.7. The summed E-state index contributed by atoms with van der Waals surface area (Å²) in [5.74, 6) is 0.590. The Morgan fingerprint density at radius 2 is 1.61 bits per heavy atom. The molecule has 170 valence electrons. The van der Waals surface area contributed by atoms with Gasteiger partial charge in [-0.3, -0.25) is 4.90 Å². The molecular weight excluding hydrogens is 477 g/mol. The fourth-order valence-electron chi connectivity index (χ4n) is 4.08. The summed E-state index contributed by atoms with van der Waals surface area (Å²) in [4.78, 5) is 2.43. The largest absolute Gasteiger partial charge is 0.475 e. The van der Waals surface area contributed by atoms with E-state index in [1.54, 1.807) is 6.07 Å². The van der Waals surface area contributed by atoms with Crippen LogP contribution >= 0.6 is 35.6 Å². The number of benzene rings is 3. The van der Waals surface area contributed by atoms with E-state index in [1.165, 1.54) is 11.1 Å². The molecule has 2 heterocycles. The van der Waals surface area contributed by atoms with Gasteiger partial charge in [0, 0.05) is 31.3 Å². The van der Waals surface area contributed by atoms with Crippen molar-refractivity contribution in [1.29, 1.82) is 0 Å². The number of rotatable bonds is 6. The molecule has 0 saturated carbocycles. The van der Waals surface area contributed by atoms with Crippen molar-refractivity contribution in [2.45, 2.75) is 13.0 Å². The van der Waals surface area contributed by atoms with Crippen LogP contribution in [0.4, 0.5) is 0 Å². The van der Waals surface area contributed by atoms with E-state index in [0.717, 1.165) is 43.0 Å². The van der Waals surface area contributed by atoms with Crippen LogP contribution < -0.4 is 4.74 Å². The van der Waals surface area contributed by atoms with Gasteiger partial charge >= 0.3 is 0 Å². The molecule has 1 aliphatic rings. The van der Waals surface area contributed by atoms with Gasteiger partial charge in [-0.1, -0.05) is 77.8 Å². The number of ether oxygens (including phenoxy) is 1. The fraction of sp³-hybridized carbons (Fsp3) is 0.192. The molecular formula is C26H24Cl3N3O. The minimum Gasteiger partial charge on any atom is -0.475 e. The van der Waals surface area contributed by atoms with Gasteiger partial charge in [0.2, 0.25) is 5.88 Å². The molecule has 0 saturated heterocycles. The Bertz CT molecular complexity index is 1230. The Balaban J connectivity index is 0.00000259. The Morgan fingerprint density at radius 1 is 0.848 bits per heavy atom. The van der Waals surface area contributed by atoms with Crippen LogP contribution in [0.3, 0.4) is 0 Å². The molecule has 0 amide bonds. The molecule has 0 bridgehead atoms. The van der Waals surface area contributed by atoms with Gasteiger partial charge in [0.05, 0.1) is 21.4 Å². The van der Waals surface area contributed by atoms with Crippen molar-refractivity contribution >= 4 is 35.6 Å². The summed E-state index contributed by atoms with van der Waals surface area (Å²) >= 11 is 12.4. The number of aromatic nitrogens is 2. The number of hydrogen-bond acceptors (Lipinski definition) is 3. The van der Waals surface area contributed by atoms with E-state index in [-0.39, 0.29) is 12.4 Å². The molecule has 0 aliphatic carbocycles. The molecule has 0 N–H and O–H groups in total. The lowest BCUT2D eigenvalue weighted by molar-refractivity contribution is 0.192. The number of hydrogen-bond donors (Lipinski definition) is 0. The first-order chi connectivity index (χ1) is 15.7. The maximum Gasteiger partial charge on any atom is 0.233 e. The molecule has 0 atom stereocenters. The standard InChI is InChI=1S/C26H23Cl2N3O.ClH/c27-23-11-10-22(16-24(23)28)31-25(20-7-2-1-3-8-20)17-26(29-31)32-15-14-30-13-12-19-6-4-5-9-21(19)18-30;/h1-11,16-17H,12-15,18H2;1H. The Morgan fingerprint density at radius 3 is 2.39 bits per heavy atom. The molecule has 0 spiro atoms. The maximum absolute atomic E-state index is 6.26. The predicted octanol–water partition coefficient (Wildman–Crippen LogP) is 6.71. The van der Waals surface area contributed by atoms with Crippen LogP contribution in [0.1, 0.15) is 11.1 Å². The van der Waals surface area contributed by atoms with E-state index in [2.05, 4.69) is 41.3 Å². The number of nitrogens with zero attached hydrogens (tertiary/aromatic N) is 3. The second kappa shape index (κ2) is 10.6. The van der Waals surface area contributed by atoms with Gasteiger partial charge in [0.1, 0.15) is 6.61 Å². The van der Waals surface area contributed by atoms with Gasteiger partial charge < -0.3 is 4.74 Å². The van der Waals surface area contributed by atoms with Crippen molar-refractivity contribution in [3.8, 4) is 22.8 Å². The average Bonchev–Trinajstić information content (AvgIpc) is 3.25. The van der Waals surface area contributed by atoms with E-state index in [0.29, 0.717) is 22.5 Å². The van der Waals surface area contributed by atoms with Crippen molar-refractivity contribution in [2.75, 3.05) is 19.7 Å². The Hall–Kier alpha value is -2.50. The van der Waals surface area contributed by atoms with E-state index >= 15 is 0 Å². The maximum atomic E-state index is 6.26. The van der Waals surface area contributed by atoms with E-state index in [1.807, 2.05) is 41.1 Å². The highest BCUT2D eigenvalue weighted by atomic mass is 35.5. The van der Waals surface area contributed by atoms with Crippen molar-refractivity contribution in [1.82, 2.24) is 14.7 Å². The molecule has 1 aliphatic heterocycles. The summed E-state index contributed by atoms with van der Waals surface area (Å²) in [7, 11) is 0. The highest BCUT2D eigenvalue weighted by Gasteiger charge is 2.17. The van der Waals surface area contributed by atoms with Crippen LogP contribution in [0.15, 0.2) is 78.9 Å². The van der Waals surface area contributed by atoms with Crippen molar-refractivity contribution in [3.63, 3.8) is 0 Å². The zero-order chi connectivity index (χ0) is 21.9. The molecule has 0 unspecified atom stereocenters. The van der Waals surface area contributed by atoms with Crippen molar-refractivity contribution < 1.29 is 4.74 Å². The van der Waals surface area contributed by atoms with Crippen molar-refractivity contribution in [3.05, 3.63) is 100 Å². The van der Waals surface area contributed by atoms with Gasteiger partial charge in [-0.25, -0.2) is 4.68 Å². The van der Waals surface area contributed by atoms with E-state index < -0.39 is 0 Å². The first-order valence-electron chi connectivity index (χ1n) is 10.7. The highest BCUT2D eigenvalue weighted by molar-refractivity contribution is 6.42. The average molecular weight is 501 g/mol. The smallest absolute Gasteiger partial charge is 0.233 e. The summed E-state index contributed by atoms with van der Waals surface area (Å²) in [6, 6.07) is 26.3. The monoisotopic (exact) mass is 499 g/mol. The predicted molar refractivity (Wildman–Crippen MR) is 137 cm³/mol. The second-order valence-electron chi connectivity index (χ2n) is 7.89. The van der Waals surface area contributed by atoms with Gasteiger partial charge in [-0.15, -0.1) is 17.5 Å². The molecule has 0 radical (unpaired) electrons. The summed E-state index contributed by atoms with van der Waals surface area (Å²) in [5, 5.41) is 5.73. The lowest BCUT2D eigenvalue weighted by Crippen LogP contribution is -2.33. The molecule has 0 fully saturated rings. The SMILES string of the molecule is Cl.Clc1ccc(-n2nc(OCCN3CCc4ccccc4C3)cc2-c2ccccc2)cc1Cl. The molecule has 1 aromatic heterocycles. The van der Waals surface area contributed by atoms with E-state index in [4.69, 9.17) is 33.0 Å². The summed E-state index contributed by atoms with van der Waals surface area (Å²) in [6.45, 7) is 3.45. The van der Waals surface area contributed by atoms with E-state index in [9.17, 15) is 0 Å². The molecule has 4 nitrogen and oxygen atoms in total. The van der Waals surface area contributed by atoms with Crippen LogP contribution in [-0.4, -0.2) is 34.4 Å². The molecule has 3 aromatic carbocycles. The summed E-state index contributed by atoms with van der Waals surface area (Å²) < 4.78 is 7.93. The third-order valence-corrected chi connectivity index (χ3v) is 6.51. The second-order valence-corrected chi connectivity index (χ2v) is 8.70. The lowest BCUT2D eigenvalue weighted by Gasteiger charge is -2.28. The molecule has 4 aromatic rings. The van der Waals surface area contributed by atoms with Crippen LogP contribution in [-0.2, 0) is 13.0 Å². The quantitative estimate of drug-likeness (QED) is 0.295. The lowest BCUT2D eigenvalue weighted by atomic mass is 10.0. The number of fused-ring (bicyclic) bond motifs is 1. The zero-order valence-electron chi connectivity index (χ0n) is 18.0. The first-order valence-corrected chi connectivity index (χ1v) is 11.5. The van der Waals surface area contributed by atoms with Gasteiger partial charge in [-0.05, 0) is 35.7 Å². The van der Waals surface area contributed by atoms with Crippen LogP contribution in [0.5, 0.6) is 5.88 Å². The van der Waals surface area contributed by atoms with Gasteiger partial charge in [0.15, 0.2) is 0 Å². The third kappa shape index (κ3) is 5.36. The highest BCUT2D eigenvalue weighted by Crippen LogP contribution is 2.30. The summed E-state index contributed by atoms with van der Waals surface area (Å²) in [5.41, 5.74) is 5.69. The summed E-state index contributed by atoms with van der Waals surface area (Å²) in [6.07, 6.45) is 1.08. The molecule has 5 rings (SSSR count). The number of halogens is 3. The minimum atomic E-state index is 0. The Labute approximate surface area is 210 Å². The van der Waals surface area contributed by atoms with Crippen LogP contribution in [0, 0.1) is 0 Å². The minimum absolute atomic E-state index is 0.